The summed E-state index contributed by atoms with van der Waals surface area (Å²) in [6, 6.07) is 1.65. The number of morpholine rings is 1. The zero-order valence-corrected chi connectivity index (χ0v) is 13.6. The minimum absolute atomic E-state index is 0.159. The number of ether oxygens (including phenoxy) is 1. The number of primary amides is 1. The van der Waals surface area contributed by atoms with Gasteiger partial charge in [0.05, 0.1) is 13.2 Å². The summed E-state index contributed by atoms with van der Waals surface area (Å²) in [6.45, 7) is 2.61. The average molecular weight is 343 g/mol. The average Bonchev–Trinajstić information content (AvgIpc) is 3.06. The molecule has 1 aromatic rings. The first-order valence-corrected chi connectivity index (χ1v) is 9.06. The van der Waals surface area contributed by atoms with Crippen LogP contribution in [0.5, 0.6) is 0 Å². The van der Waals surface area contributed by atoms with Crippen LogP contribution in [-0.2, 0) is 14.9 Å². The Balaban J connectivity index is 1.62. The normalized spacial score (nSPS) is 22.3. The summed E-state index contributed by atoms with van der Waals surface area (Å²) in [5, 5.41) is 6.71. The van der Waals surface area contributed by atoms with Crippen molar-refractivity contribution in [3.05, 3.63) is 17.5 Å². The van der Waals surface area contributed by atoms with Gasteiger partial charge in [0.2, 0.25) is 0 Å². The lowest BCUT2D eigenvalue weighted by molar-refractivity contribution is 0.0696. The molecule has 3 rings (SSSR count). The number of carbonyl (C=O) groups is 1. The predicted molar refractivity (Wildman–Crippen MR) is 82.0 cm³/mol. The SMILES string of the molecule is NC(=O)c1cc(C2CCN(S(=O)(=O)N3CCOCC3)CC2)[nH]n1. The summed E-state index contributed by atoms with van der Waals surface area (Å²) < 4.78 is 33.4. The van der Waals surface area contributed by atoms with E-state index in [1.165, 1.54) is 8.61 Å². The molecule has 0 aromatic carbocycles. The van der Waals surface area contributed by atoms with Gasteiger partial charge in [0.15, 0.2) is 0 Å². The van der Waals surface area contributed by atoms with E-state index in [-0.39, 0.29) is 11.6 Å². The van der Waals surface area contributed by atoms with E-state index in [0.29, 0.717) is 52.2 Å². The smallest absolute Gasteiger partial charge is 0.282 e. The van der Waals surface area contributed by atoms with Gasteiger partial charge < -0.3 is 10.5 Å². The van der Waals surface area contributed by atoms with Crippen LogP contribution in [0.1, 0.15) is 34.9 Å². The zero-order chi connectivity index (χ0) is 16.4. The van der Waals surface area contributed by atoms with Crippen LogP contribution in [0, 0.1) is 0 Å². The number of hydrogen-bond acceptors (Lipinski definition) is 5. The Kier molecular flexibility index (Phi) is 4.67. The molecule has 0 saturated carbocycles. The molecule has 2 aliphatic rings. The molecule has 0 radical (unpaired) electrons. The third-order valence-corrected chi connectivity index (χ3v) is 6.40. The first-order valence-electron chi connectivity index (χ1n) is 7.66. The molecule has 1 aromatic heterocycles. The maximum absolute atomic E-state index is 12.6. The van der Waals surface area contributed by atoms with Gasteiger partial charge in [-0.15, -0.1) is 0 Å². The van der Waals surface area contributed by atoms with Gasteiger partial charge in [-0.25, -0.2) is 0 Å². The van der Waals surface area contributed by atoms with E-state index in [1.54, 1.807) is 6.07 Å². The van der Waals surface area contributed by atoms with Crippen LogP contribution in [0.25, 0.3) is 0 Å². The Morgan fingerprint density at radius 2 is 1.83 bits per heavy atom. The summed E-state index contributed by atoms with van der Waals surface area (Å²) in [4.78, 5) is 11.1. The van der Waals surface area contributed by atoms with Crippen molar-refractivity contribution < 1.29 is 17.9 Å². The highest BCUT2D eigenvalue weighted by Crippen LogP contribution is 2.29. The highest BCUT2D eigenvalue weighted by Gasteiger charge is 2.34. The van der Waals surface area contributed by atoms with E-state index in [2.05, 4.69) is 10.2 Å². The van der Waals surface area contributed by atoms with Crippen molar-refractivity contribution in [2.75, 3.05) is 39.4 Å². The second-order valence-corrected chi connectivity index (χ2v) is 7.69. The molecule has 0 aliphatic carbocycles. The van der Waals surface area contributed by atoms with E-state index in [9.17, 15) is 13.2 Å². The highest BCUT2D eigenvalue weighted by molar-refractivity contribution is 7.86. The number of nitrogens with two attached hydrogens (primary N) is 1. The first kappa shape index (κ1) is 16.4. The molecule has 2 aliphatic heterocycles. The summed E-state index contributed by atoms with van der Waals surface area (Å²) in [7, 11) is -3.41. The molecule has 3 heterocycles. The van der Waals surface area contributed by atoms with Crippen LogP contribution in [0.15, 0.2) is 6.07 Å². The quantitative estimate of drug-likeness (QED) is 0.746. The Bertz CT molecular complexity index is 660. The van der Waals surface area contributed by atoms with Gasteiger partial charge >= 0.3 is 0 Å². The Morgan fingerprint density at radius 1 is 1.22 bits per heavy atom. The van der Waals surface area contributed by atoms with Gasteiger partial charge in [-0.2, -0.15) is 22.1 Å². The molecule has 2 fully saturated rings. The topological polar surface area (TPSA) is 122 Å². The molecule has 0 bridgehead atoms. The molecule has 0 unspecified atom stereocenters. The fourth-order valence-electron chi connectivity index (χ4n) is 3.01. The van der Waals surface area contributed by atoms with Gasteiger partial charge in [0, 0.05) is 37.8 Å². The van der Waals surface area contributed by atoms with Crippen LogP contribution in [-0.4, -0.2) is 72.5 Å². The molecular weight excluding hydrogens is 322 g/mol. The number of H-pyrrole nitrogens is 1. The number of piperidine rings is 1. The second-order valence-electron chi connectivity index (χ2n) is 5.77. The number of aromatic nitrogens is 2. The fraction of sp³-hybridized carbons (Fsp3) is 0.692. The Labute approximate surface area is 134 Å². The minimum Gasteiger partial charge on any atom is -0.379 e. The van der Waals surface area contributed by atoms with Crippen molar-refractivity contribution in [2.24, 2.45) is 5.73 Å². The van der Waals surface area contributed by atoms with Crippen molar-refractivity contribution in [1.29, 1.82) is 0 Å². The molecule has 1 amide bonds. The lowest BCUT2D eigenvalue weighted by Gasteiger charge is -2.35. The standard InChI is InChI=1S/C13H21N5O4S/c14-13(19)12-9-11(15-16-12)10-1-3-17(4-2-10)23(20,21)18-5-7-22-8-6-18/h9-10H,1-8H2,(H2,14,19)(H,15,16). The largest absolute Gasteiger partial charge is 0.379 e. The summed E-state index contributed by atoms with van der Waals surface area (Å²) in [6.07, 6.45) is 1.37. The molecular formula is C13H21N5O4S. The van der Waals surface area contributed by atoms with Crippen LogP contribution < -0.4 is 5.73 Å². The summed E-state index contributed by atoms with van der Waals surface area (Å²) in [5.41, 5.74) is 6.24. The van der Waals surface area contributed by atoms with Crippen LogP contribution in [0.3, 0.4) is 0 Å². The lowest BCUT2D eigenvalue weighted by atomic mass is 9.94. The third-order valence-electron chi connectivity index (χ3n) is 4.37. The monoisotopic (exact) mass is 343 g/mol. The maximum Gasteiger partial charge on any atom is 0.282 e. The Morgan fingerprint density at radius 3 is 2.39 bits per heavy atom. The van der Waals surface area contributed by atoms with Crippen molar-refractivity contribution in [1.82, 2.24) is 18.8 Å². The molecule has 9 nitrogen and oxygen atoms in total. The molecule has 23 heavy (non-hydrogen) atoms. The van der Waals surface area contributed by atoms with Gasteiger partial charge in [-0.05, 0) is 18.9 Å². The van der Waals surface area contributed by atoms with Crippen LogP contribution >= 0.6 is 0 Å². The van der Waals surface area contributed by atoms with Gasteiger partial charge in [0.25, 0.3) is 16.1 Å². The summed E-state index contributed by atoms with van der Waals surface area (Å²) in [5.74, 6) is -0.411. The third kappa shape index (κ3) is 3.39. The number of nitrogens with one attached hydrogen (secondary N) is 1. The summed E-state index contributed by atoms with van der Waals surface area (Å²) >= 11 is 0. The predicted octanol–water partition coefficient (Wildman–Crippen LogP) is -0.735. The van der Waals surface area contributed by atoms with Gasteiger partial charge in [0.1, 0.15) is 5.69 Å². The van der Waals surface area contributed by atoms with Crippen molar-refractivity contribution >= 4 is 16.1 Å². The lowest BCUT2D eigenvalue weighted by Crippen LogP contribution is -2.50. The van der Waals surface area contributed by atoms with Gasteiger partial charge in [-0.3, -0.25) is 9.89 Å². The molecule has 128 valence electrons. The number of amides is 1. The minimum atomic E-state index is -3.41. The van der Waals surface area contributed by atoms with E-state index >= 15 is 0 Å². The van der Waals surface area contributed by atoms with Crippen LogP contribution in [0.4, 0.5) is 0 Å². The van der Waals surface area contributed by atoms with Crippen molar-refractivity contribution in [2.45, 2.75) is 18.8 Å². The van der Waals surface area contributed by atoms with E-state index in [4.69, 9.17) is 10.5 Å². The van der Waals surface area contributed by atoms with Crippen molar-refractivity contribution in [3.63, 3.8) is 0 Å². The van der Waals surface area contributed by atoms with E-state index in [1.807, 2.05) is 0 Å². The Hall–Kier alpha value is -1.49. The number of rotatable bonds is 4. The number of carbonyl (C=O) groups excluding carboxylic acids is 1. The zero-order valence-electron chi connectivity index (χ0n) is 12.8. The number of nitrogens with zero attached hydrogens (tertiary/aromatic N) is 3. The molecule has 10 heteroatoms. The van der Waals surface area contributed by atoms with E-state index < -0.39 is 16.1 Å². The van der Waals surface area contributed by atoms with Crippen LogP contribution in [0.2, 0.25) is 0 Å². The number of aromatic amines is 1. The second kappa shape index (κ2) is 6.56. The number of hydrogen-bond donors (Lipinski definition) is 2. The molecule has 0 spiro atoms. The molecule has 0 atom stereocenters. The van der Waals surface area contributed by atoms with E-state index in [0.717, 1.165) is 5.69 Å². The molecule has 3 N–H and O–H groups in total. The fourth-order valence-corrected chi connectivity index (χ4v) is 4.62. The first-order chi connectivity index (χ1) is 11.0. The van der Waals surface area contributed by atoms with Crippen molar-refractivity contribution in [3.8, 4) is 0 Å². The van der Waals surface area contributed by atoms with Gasteiger partial charge in [-0.1, -0.05) is 0 Å². The molecule has 2 saturated heterocycles. The highest BCUT2D eigenvalue weighted by atomic mass is 32.2. The maximum atomic E-state index is 12.6.